The molecule has 1 aromatic rings. The fourth-order valence-electron chi connectivity index (χ4n) is 0.861. The first kappa shape index (κ1) is 11.7. The van der Waals surface area contributed by atoms with Crippen LogP contribution < -0.4 is 10.4 Å². The molecule has 0 heterocycles. The number of aliphatic carboxylic acids is 1. The maximum absolute atomic E-state index is 11.1. The monoisotopic (exact) mass is 316 g/mol. The van der Waals surface area contributed by atoms with Crippen molar-refractivity contribution >= 4 is 40.2 Å². The molecule has 0 saturated heterocycles. The quantitative estimate of drug-likeness (QED) is 0.653. The molecule has 0 saturated carbocycles. The average Bonchev–Trinajstić information content (AvgIpc) is 2.19. The van der Waals surface area contributed by atoms with E-state index in [0.29, 0.717) is 11.8 Å². The number of carboxylic acids is 1. The smallest absolute Gasteiger partial charge is 0.248 e. The van der Waals surface area contributed by atoms with E-state index in [9.17, 15) is 14.7 Å². The Labute approximate surface area is 100 Å². The number of hydrogen-bond donors (Lipinski definition) is 1. The van der Waals surface area contributed by atoms with E-state index in [1.54, 1.807) is 12.1 Å². The Kier molecular flexibility index (Phi) is 4.29. The summed E-state index contributed by atoms with van der Waals surface area (Å²) in [6.07, 6.45) is 1.59. The first-order chi connectivity index (χ1) is 7.08. The minimum Gasteiger partial charge on any atom is -0.545 e. The van der Waals surface area contributed by atoms with Gasteiger partial charge in [-0.15, -0.1) is 0 Å². The zero-order valence-corrected chi connectivity index (χ0v) is 9.72. The molecule has 4 nitrogen and oxygen atoms in total. The molecular formula is C10H7INO3-. The standard InChI is InChI=1S/C10H8INO3/c11-7-1-3-8(4-2-7)12-9(13)5-6-10(14)15/h1-6H,(H,12,13)(H,14,15)/p-1/b6-5+. The van der Waals surface area contributed by atoms with Crippen molar-refractivity contribution in [3.8, 4) is 0 Å². The Morgan fingerprint density at radius 2 is 1.80 bits per heavy atom. The number of carboxylic acid groups (broad SMARTS) is 1. The van der Waals surface area contributed by atoms with Gasteiger partial charge < -0.3 is 15.2 Å². The lowest BCUT2D eigenvalue weighted by Gasteiger charge is -2.01. The molecule has 1 amide bonds. The number of hydrogen-bond acceptors (Lipinski definition) is 3. The lowest BCUT2D eigenvalue weighted by Crippen LogP contribution is -2.20. The van der Waals surface area contributed by atoms with Crippen molar-refractivity contribution in [2.45, 2.75) is 0 Å². The lowest BCUT2D eigenvalue weighted by molar-refractivity contribution is -0.297. The van der Waals surface area contributed by atoms with Gasteiger partial charge in [-0.3, -0.25) is 4.79 Å². The molecule has 0 aliphatic carbocycles. The molecule has 0 spiro atoms. The summed E-state index contributed by atoms with van der Waals surface area (Å²) in [5.74, 6) is -1.90. The third-order valence-corrected chi connectivity index (χ3v) is 2.20. The Morgan fingerprint density at radius 1 is 1.20 bits per heavy atom. The molecule has 1 rings (SSSR count). The van der Waals surface area contributed by atoms with Crippen molar-refractivity contribution in [3.63, 3.8) is 0 Å². The zero-order valence-electron chi connectivity index (χ0n) is 7.57. The second-order valence-corrected chi connectivity index (χ2v) is 3.89. The molecule has 0 radical (unpaired) electrons. The van der Waals surface area contributed by atoms with Crippen LogP contribution in [0.25, 0.3) is 0 Å². The highest BCUT2D eigenvalue weighted by Crippen LogP contribution is 2.10. The summed E-state index contributed by atoms with van der Waals surface area (Å²) in [4.78, 5) is 21.1. The Morgan fingerprint density at radius 3 is 2.33 bits per heavy atom. The fraction of sp³-hybridized carbons (Fsp3) is 0. The third-order valence-electron chi connectivity index (χ3n) is 1.48. The summed E-state index contributed by atoms with van der Waals surface area (Å²) >= 11 is 2.14. The van der Waals surface area contributed by atoms with Crippen LogP contribution in [-0.2, 0) is 9.59 Å². The van der Waals surface area contributed by atoms with Crippen LogP contribution in [-0.4, -0.2) is 11.9 Å². The van der Waals surface area contributed by atoms with Crippen LogP contribution in [0.15, 0.2) is 36.4 Å². The summed E-state index contributed by atoms with van der Waals surface area (Å²) in [5, 5.41) is 12.5. The normalized spacial score (nSPS) is 10.2. The Hall–Kier alpha value is -1.37. The van der Waals surface area contributed by atoms with Crippen molar-refractivity contribution in [2.24, 2.45) is 0 Å². The second-order valence-electron chi connectivity index (χ2n) is 2.65. The van der Waals surface area contributed by atoms with E-state index in [1.807, 2.05) is 12.1 Å². The van der Waals surface area contributed by atoms with E-state index in [2.05, 4.69) is 27.9 Å². The summed E-state index contributed by atoms with van der Waals surface area (Å²) in [7, 11) is 0. The number of amides is 1. The maximum Gasteiger partial charge on any atom is 0.248 e. The molecule has 0 bridgehead atoms. The molecule has 0 aliphatic heterocycles. The number of carbonyl (C=O) groups is 2. The fourth-order valence-corrected chi connectivity index (χ4v) is 1.22. The van der Waals surface area contributed by atoms with E-state index >= 15 is 0 Å². The van der Waals surface area contributed by atoms with E-state index in [4.69, 9.17) is 0 Å². The SMILES string of the molecule is O=C([O-])/C=C/C(=O)Nc1ccc(I)cc1. The molecular weight excluding hydrogens is 309 g/mol. The molecule has 0 unspecified atom stereocenters. The van der Waals surface area contributed by atoms with Gasteiger partial charge >= 0.3 is 0 Å². The van der Waals surface area contributed by atoms with Crippen LogP contribution >= 0.6 is 22.6 Å². The average molecular weight is 316 g/mol. The summed E-state index contributed by atoms with van der Waals surface area (Å²) < 4.78 is 1.05. The van der Waals surface area contributed by atoms with E-state index in [1.165, 1.54) is 0 Å². The van der Waals surface area contributed by atoms with Gasteiger partial charge in [-0.1, -0.05) is 0 Å². The van der Waals surface area contributed by atoms with Gasteiger partial charge in [0.25, 0.3) is 0 Å². The van der Waals surface area contributed by atoms with E-state index in [-0.39, 0.29) is 0 Å². The van der Waals surface area contributed by atoms with Gasteiger partial charge in [0.1, 0.15) is 0 Å². The van der Waals surface area contributed by atoms with Gasteiger partial charge in [0.2, 0.25) is 5.91 Å². The van der Waals surface area contributed by atoms with Crippen LogP contribution in [0.4, 0.5) is 5.69 Å². The molecule has 0 aromatic heterocycles. The highest BCUT2D eigenvalue weighted by atomic mass is 127. The van der Waals surface area contributed by atoms with Crippen molar-refractivity contribution in [2.75, 3.05) is 5.32 Å². The van der Waals surface area contributed by atoms with E-state index < -0.39 is 11.9 Å². The van der Waals surface area contributed by atoms with Crippen LogP contribution in [0, 0.1) is 3.57 Å². The van der Waals surface area contributed by atoms with Gasteiger partial charge in [0, 0.05) is 15.3 Å². The first-order valence-corrected chi connectivity index (χ1v) is 5.11. The Balaban J connectivity index is 2.59. The maximum atomic E-state index is 11.1. The molecule has 1 aromatic carbocycles. The van der Waals surface area contributed by atoms with Crippen molar-refractivity contribution in [3.05, 3.63) is 40.0 Å². The molecule has 5 heteroatoms. The van der Waals surface area contributed by atoms with E-state index in [0.717, 1.165) is 9.65 Å². The minimum atomic E-state index is -1.40. The predicted octanol–water partition coefficient (Wildman–Crippen LogP) is 0.536. The minimum absolute atomic E-state index is 0.500. The number of carbonyl (C=O) groups excluding carboxylic acids is 2. The summed E-state index contributed by atoms with van der Waals surface area (Å²) in [6.45, 7) is 0. The summed E-state index contributed by atoms with van der Waals surface area (Å²) in [6, 6.07) is 7.12. The highest BCUT2D eigenvalue weighted by Gasteiger charge is 1.96. The molecule has 1 N–H and O–H groups in total. The number of anilines is 1. The van der Waals surface area contributed by atoms with Crippen LogP contribution in [0.5, 0.6) is 0 Å². The number of halogens is 1. The topological polar surface area (TPSA) is 69.2 Å². The van der Waals surface area contributed by atoms with Crippen molar-refractivity contribution < 1.29 is 14.7 Å². The molecule has 78 valence electrons. The van der Waals surface area contributed by atoms with Crippen molar-refractivity contribution in [1.29, 1.82) is 0 Å². The first-order valence-electron chi connectivity index (χ1n) is 4.03. The molecule has 0 atom stereocenters. The highest BCUT2D eigenvalue weighted by molar-refractivity contribution is 14.1. The predicted molar refractivity (Wildman–Crippen MR) is 61.9 cm³/mol. The van der Waals surface area contributed by atoms with Crippen LogP contribution in [0.3, 0.4) is 0 Å². The Bertz CT molecular complexity index is 398. The van der Waals surface area contributed by atoms with Gasteiger partial charge in [-0.25, -0.2) is 0 Å². The largest absolute Gasteiger partial charge is 0.545 e. The number of nitrogens with one attached hydrogen (secondary N) is 1. The van der Waals surface area contributed by atoms with Gasteiger partial charge in [0.05, 0.1) is 5.97 Å². The van der Waals surface area contributed by atoms with Gasteiger partial charge in [-0.2, -0.15) is 0 Å². The van der Waals surface area contributed by atoms with Crippen LogP contribution in [0.2, 0.25) is 0 Å². The number of rotatable bonds is 3. The second kappa shape index (κ2) is 5.50. The molecule has 15 heavy (non-hydrogen) atoms. The molecule has 0 fully saturated rings. The lowest BCUT2D eigenvalue weighted by atomic mass is 10.3. The van der Waals surface area contributed by atoms with Gasteiger partial charge in [0.15, 0.2) is 0 Å². The van der Waals surface area contributed by atoms with Gasteiger partial charge in [-0.05, 0) is 52.9 Å². The van der Waals surface area contributed by atoms with Crippen molar-refractivity contribution in [1.82, 2.24) is 0 Å². The molecule has 0 aliphatic rings. The summed E-state index contributed by atoms with van der Waals surface area (Å²) in [5.41, 5.74) is 0.614. The number of benzene rings is 1. The zero-order chi connectivity index (χ0) is 11.3. The van der Waals surface area contributed by atoms with Crippen LogP contribution in [0.1, 0.15) is 0 Å². The third kappa shape index (κ3) is 4.59.